The van der Waals surface area contributed by atoms with E-state index in [1.54, 1.807) is 12.5 Å². The van der Waals surface area contributed by atoms with Gasteiger partial charge in [-0.3, -0.25) is 4.68 Å². The number of benzene rings is 2. The van der Waals surface area contributed by atoms with Crippen LogP contribution in [0.3, 0.4) is 0 Å². The molecule has 0 N–H and O–H groups in total. The van der Waals surface area contributed by atoms with Gasteiger partial charge in [0, 0.05) is 18.8 Å². The molecule has 0 spiro atoms. The summed E-state index contributed by atoms with van der Waals surface area (Å²) in [5, 5.41) is 7.79. The lowest BCUT2D eigenvalue weighted by atomic mass is 10.1. The highest BCUT2D eigenvalue weighted by Crippen LogP contribution is 2.16. The first-order chi connectivity index (χ1) is 14.7. The fourth-order valence-electron chi connectivity index (χ4n) is 3.02. The van der Waals surface area contributed by atoms with Crippen molar-refractivity contribution in [2.75, 3.05) is 0 Å². The number of oxazole rings is 1. The smallest absolute Gasteiger partial charge is 0.218 e. The van der Waals surface area contributed by atoms with E-state index in [0.29, 0.717) is 12.5 Å². The number of nitrogens with zero attached hydrogens (tertiary/aromatic N) is 4. The topological polar surface area (TPSA) is 66.0 Å². The minimum Gasteiger partial charge on any atom is -0.487 e. The van der Waals surface area contributed by atoms with Crippen molar-refractivity contribution in [2.24, 2.45) is 0 Å². The fraction of sp³-hybridized carbons (Fsp3) is 0.208. The molecule has 0 amide bonds. The molecule has 0 radical (unpaired) electrons. The molecule has 0 aliphatic heterocycles. The van der Waals surface area contributed by atoms with Crippen molar-refractivity contribution in [3.8, 4) is 5.75 Å². The van der Waals surface area contributed by atoms with Crippen molar-refractivity contribution >= 4 is 12.2 Å². The fourth-order valence-corrected chi connectivity index (χ4v) is 3.02. The predicted molar refractivity (Wildman–Crippen MR) is 116 cm³/mol. The second-order valence-corrected chi connectivity index (χ2v) is 7.12. The van der Waals surface area contributed by atoms with E-state index in [1.807, 2.05) is 35.2 Å². The third-order valence-electron chi connectivity index (χ3n) is 4.70. The van der Waals surface area contributed by atoms with E-state index in [9.17, 15) is 0 Å². The molecule has 0 aliphatic carbocycles. The van der Waals surface area contributed by atoms with Gasteiger partial charge in [-0.15, -0.1) is 5.10 Å². The van der Waals surface area contributed by atoms with Crippen LogP contribution in [0.25, 0.3) is 12.2 Å². The van der Waals surface area contributed by atoms with Crippen LogP contribution >= 0.6 is 0 Å². The Labute approximate surface area is 175 Å². The summed E-state index contributed by atoms with van der Waals surface area (Å²) in [6.45, 7) is 3.31. The van der Waals surface area contributed by atoms with Crippen molar-refractivity contribution in [3.63, 3.8) is 0 Å². The normalized spacial score (nSPS) is 11.2. The first-order valence-corrected chi connectivity index (χ1v) is 9.99. The summed E-state index contributed by atoms with van der Waals surface area (Å²) in [7, 11) is 0. The summed E-state index contributed by atoms with van der Waals surface area (Å²) >= 11 is 0. The molecule has 0 atom stereocenters. The van der Waals surface area contributed by atoms with Crippen LogP contribution in [0.1, 0.15) is 34.7 Å². The standard InChI is InChI=1S/C24H24N4O2/c1-19-4-6-21(7-5-19)10-13-24-26-22(18-30-24)17-29-23-11-8-20(9-12-23)3-2-15-28-16-14-25-27-28/h4-14,16,18H,2-3,15,17H2,1H3/b13-10+. The molecule has 6 heteroatoms. The number of hydrogen-bond acceptors (Lipinski definition) is 5. The summed E-state index contributed by atoms with van der Waals surface area (Å²) < 4.78 is 13.2. The molecule has 0 bridgehead atoms. The number of ether oxygens (including phenoxy) is 1. The SMILES string of the molecule is Cc1ccc(/C=C/c2nc(COc3ccc(CCCn4ccnn4)cc3)co2)cc1. The molecule has 0 aliphatic rings. The van der Waals surface area contributed by atoms with Crippen molar-refractivity contribution in [1.82, 2.24) is 20.0 Å². The molecule has 0 fully saturated rings. The molecule has 2 heterocycles. The van der Waals surface area contributed by atoms with Crippen LogP contribution in [0.15, 0.2) is 71.6 Å². The van der Waals surface area contributed by atoms with Gasteiger partial charge in [0.2, 0.25) is 5.89 Å². The Kier molecular flexibility index (Phi) is 6.35. The summed E-state index contributed by atoms with van der Waals surface area (Å²) in [6, 6.07) is 16.5. The maximum Gasteiger partial charge on any atom is 0.218 e. The molecule has 4 rings (SSSR count). The van der Waals surface area contributed by atoms with Crippen LogP contribution in [-0.4, -0.2) is 20.0 Å². The first-order valence-electron chi connectivity index (χ1n) is 9.99. The summed E-state index contributed by atoms with van der Waals surface area (Å²) in [4.78, 5) is 4.45. The Morgan fingerprint density at radius 3 is 2.63 bits per heavy atom. The molecule has 0 saturated heterocycles. The molecule has 0 saturated carbocycles. The van der Waals surface area contributed by atoms with Crippen LogP contribution in [0.4, 0.5) is 0 Å². The van der Waals surface area contributed by atoms with Gasteiger partial charge >= 0.3 is 0 Å². The van der Waals surface area contributed by atoms with Gasteiger partial charge in [0.1, 0.15) is 24.3 Å². The number of rotatable bonds is 9. The van der Waals surface area contributed by atoms with Crippen molar-refractivity contribution in [3.05, 3.63) is 95.5 Å². The quantitative estimate of drug-likeness (QED) is 0.397. The summed E-state index contributed by atoms with van der Waals surface area (Å²) in [5.41, 5.74) is 4.38. The van der Waals surface area contributed by atoms with Crippen molar-refractivity contribution in [2.45, 2.75) is 32.9 Å². The minimum absolute atomic E-state index is 0.369. The molecule has 0 unspecified atom stereocenters. The van der Waals surface area contributed by atoms with E-state index in [0.717, 1.165) is 36.4 Å². The van der Waals surface area contributed by atoms with Gasteiger partial charge < -0.3 is 9.15 Å². The highest BCUT2D eigenvalue weighted by molar-refractivity contribution is 5.66. The monoisotopic (exact) mass is 400 g/mol. The zero-order valence-electron chi connectivity index (χ0n) is 16.9. The Morgan fingerprint density at radius 2 is 1.87 bits per heavy atom. The van der Waals surface area contributed by atoms with Crippen molar-refractivity contribution < 1.29 is 9.15 Å². The molecule has 152 valence electrons. The maximum absolute atomic E-state index is 5.83. The lowest BCUT2D eigenvalue weighted by Crippen LogP contribution is -2.00. The second kappa shape index (κ2) is 9.69. The number of hydrogen-bond donors (Lipinski definition) is 0. The van der Waals surface area contributed by atoms with E-state index in [1.165, 1.54) is 11.1 Å². The molecule has 30 heavy (non-hydrogen) atoms. The highest BCUT2D eigenvalue weighted by Gasteiger charge is 2.03. The average molecular weight is 400 g/mol. The lowest BCUT2D eigenvalue weighted by Gasteiger charge is -2.06. The molecule has 2 aromatic heterocycles. The largest absolute Gasteiger partial charge is 0.487 e. The average Bonchev–Trinajstić information content (AvgIpc) is 3.45. The maximum atomic E-state index is 5.83. The van der Waals surface area contributed by atoms with E-state index in [2.05, 4.69) is 58.6 Å². The van der Waals surface area contributed by atoms with Crippen molar-refractivity contribution in [1.29, 1.82) is 0 Å². The van der Waals surface area contributed by atoms with Crippen LogP contribution in [0.2, 0.25) is 0 Å². The third kappa shape index (κ3) is 5.67. The van der Waals surface area contributed by atoms with Gasteiger partial charge in [-0.05, 0) is 49.1 Å². The van der Waals surface area contributed by atoms with Crippen LogP contribution in [0.5, 0.6) is 5.75 Å². The van der Waals surface area contributed by atoms with Gasteiger partial charge in [-0.25, -0.2) is 4.98 Å². The van der Waals surface area contributed by atoms with Crippen LogP contribution < -0.4 is 4.74 Å². The number of aryl methyl sites for hydroxylation is 3. The number of aromatic nitrogens is 4. The highest BCUT2D eigenvalue weighted by atomic mass is 16.5. The Hall–Kier alpha value is -3.67. The van der Waals surface area contributed by atoms with E-state index in [-0.39, 0.29) is 0 Å². The summed E-state index contributed by atoms with van der Waals surface area (Å²) in [6.07, 6.45) is 11.1. The first kappa shape index (κ1) is 19.6. The van der Waals surface area contributed by atoms with Gasteiger partial charge in [-0.2, -0.15) is 0 Å². The van der Waals surface area contributed by atoms with E-state index in [4.69, 9.17) is 9.15 Å². The summed E-state index contributed by atoms with van der Waals surface area (Å²) in [5.74, 6) is 1.38. The molecule has 2 aromatic carbocycles. The molecule has 4 aromatic rings. The van der Waals surface area contributed by atoms with E-state index < -0.39 is 0 Å². The zero-order chi connectivity index (χ0) is 20.6. The Balaban J connectivity index is 1.24. The van der Waals surface area contributed by atoms with Crippen LogP contribution in [0, 0.1) is 6.92 Å². The third-order valence-corrected chi connectivity index (χ3v) is 4.70. The van der Waals surface area contributed by atoms with Crippen LogP contribution in [-0.2, 0) is 19.6 Å². The molecular weight excluding hydrogens is 376 g/mol. The molecule has 6 nitrogen and oxygen atoms in total. The lowest BCUT2D eigenvalue weighted by molar-refractivity contribution is 0.301. The van der Waals surface area contributed by atoms with Gasteiger partial charge in [0.05, 0.1) is 6.20 Å². The molecular formula is C24H24N4O2. The predicted octanol–water partition coefficient (Wildman–Crippen LogP) is 4.96. The Morgan fingerprint density at radius 1 is 1.03 bits per heavy atom. The minimum atomic E-state index is 0.369. The van der Waals surface area contributed by atoms with Gasteiger partial charge in [0.15, 0.2) is 0 Å². The van der Waals surface area contributed by atoms with Gasteiger partial charge in [-0.1, -0.05) is 47.2 Å². The van der Waals surface area contributed by atoms with E-state index >= 15 is 0 Å². The second-order valence-electron chi connectivity index (χ2n) is 7.12. The zero-order valence-corrected chi connectivity index (χ0v) is 16.9. The Bertz CT molecular complexity index is 1070. The van der Waals surface area contributed by atoms with Gasteiger partial charge in [0.25, 0.3) is 0 Å².